The van der Waals surface area contributed by atoms with E-state index in [0.29, 0.717) is 19.1 Å². The van der Waals surface area contributed by atoms with Crippen LogP contribution in [0.15, 0.2) is 29.4 Å². The molecule has 0 radical (unpaired) electrons. The number of halogens is 1. The summed E-state index contributed by atoms with van der Waals surface area (Å²) in [5, 5.41) is 7.58. The zero-order valence-corrected chi connectivity index (χ0v) is 15.8. The molecule has 0 bridgehead atoms. The summed E-state index contributed by atoms with van der Waals surface area (Å²) in [6, 6.07) is 4.95. The lowest BCUT2D eigenvalue weighted by atomic mass is 10.2. The summed E-state index contributed by atoms with van der Waals surface area (Å²) in [5.74, 6) is 0.635. The molecule has 0 spiro atoms. The summed E-state index contributed by atoms with van der Waals surface area (Å²) in [4.78, 5) is 10.1. The number of thiazole rings is 1. The highest BCUT2D eigenvalue weighted by molar-refractivity contribution is 7.11. The Labute approximate surface area is 152 Å². The second kappa shape index (κ2) is 9.98. The van der Waals surface area contributed by atoms with E-state index in [9.17, 15) is 4.39 Å². The molecule has 0 saturated carbocycles. The van der Waals surface area contributed by atoms with Gasteiger partial charge in [0.15, 0.2) is 17.5 Å². The third-order valence-corrected chi connectivity index (χ3v) is 4.33. The standard InChI is InChI=1S/C18H25FN4OS/c1-4-20-18(21-9-8-17-22-11-13(3)25-17)23-12-14-6-7-16(24-5-2)15(19)10-14/h6-7,10-11H,4-5,8-9,12H2,1-3H3,(H2,20,21,23). The Morgan fingerprint density at radius 1 is 1.32 bits per heavy atom. The maximum Gasteiger partial charge on any atom is 0.191 e. The van der Waals surface area contributed by atoms with Crippen LogP contribution in [-0.4, -0.2) is 30.6 Å². The van der Waals surface area contributed by atoms with Gasteiger partial charge in [0.05, 0.1) is 18.2 Å². The van der Waals surface area contributed by atoms with Crippen molar-refractivity contribution in [2.45, 2.75) is 33.7 Å². The molecule has 1 aromatic carbocycles. The van der Waals surface area contributed by atoms with Crippen molar-refractivity contribution in [3.05, 3.63) is 45.7 Å². The number of hydrogen-bond donors (Lipinski definition) is 2. The molecule has 0 saturated heterocycles. The molecule has 136 valence electrons. The predicted octanol–water partition coefficient (Wildman–Crippen LogP) is 3.29. The van der Waals surface area contributed by atoms with Gasteiger partial charge < -0.3 is 15.4 Å². The summed E-state index contributed by atoms with van der Waals surface area (Å²) in [5.41, 5.74) is 0.800. The minimum Gasteiger partial charge on any atom is -0.491 e. The minimum absolute atomic E-state index is 0.277. The van der Waals surface area contributed by atoms with Crippen LogP contribution in [0.25, 0.3) is 0 Å². The fraction of sp³-hybridized carbons (Fsp3) is 0.444. The summed E-state index contributed by atoms with van der Waals surface area (Å²) < 4.78 is 19.1. The van der Waals surface area contributed by atoms with Gasteiger partial charge in [0.25, 0.3) is 0 Å². The van der Waals surface area contributed by atoms with Crippen LogP contribution >= 0.6 is 11.3 Å². The molecule has 25 heavy (non-hydrogen) atoms. The van der Waals surface area contributed by atoms with Gasteiger partial charge in [-0.1, -0.05) is 6.07 Å². The van der Waals surface area contributed by atoms with E-state index < -0.39 is 0 Å². The van der Waals surface area contributed by atoms with Crippen LogP contribution in [0.2, 0.25) is 0 Å². The Morgan fingerprint density at radius 2 is 2.16 bits per heavy atom. The molecule has 0 aliphatic carbocycles. The average molecular weight is 364 g/mol. The molecule has 0 unspecified atom stereocenters. The Hall–Kier alpha value is -2.15. The number of rotatable bonds is 8. The van der Waals surface area contributed by atoms with Gasteiger partial charge in [0.2, 0.25) is 0 Å². The summed E-state index contributed by atoms with van der Waals surface area (Å²) in [6.07, 6.45) is 2.74. The summed E-state index contributed by atoms with van der Waals surface area (Å²) >= 11 is 1.70. The zero-order chi connectivity index (χ0) is 18.1. The highest BCUT2D eigenvalue weighted by Crippen LogP contribution is 2.18. The number of nitrogens with zero attached hydrogens (tertiary/aromatic N) is 2. The maximum absolute atomic E-state index is 13.9. The number of benzene rings is 1. The third-order valence-electron chi connectivity index (χ3n) is 3.36. The van der Waals surface area contributed by atoms with E-state index in [2.05, 4.69) is 27.5 Å². The first-order valence-electron chi connectivity index (χ1n) is 8.47. The predicted molar refractivity (Wildman–Crippen MR) is 101 cm³/mol. The van der Waals surface area contributed by atoms with Crippen molar-refractivity contribution in [3.8, 4) is 5.75 Å². The molecule has 1 aromatic heterocycles. The van der Waals surface area contributed by atoms with E-state index in [1.165, 1.54) is 10.9 Å². The molecule has 0 aliphatic heterocycles. The molecular weight excluding hydrogens is 339 g/mol. The lowest BCUT2D eigenvalue weighted by Gasteiger charge is -2.11. The first kappa shape index (κ1) is 19.2. The van der Waals surface area contributed by atoms with Gasteiger partial charge in [-0.2, -0.15) is 0 Å². The number of aryl methyl sites for hydroxylation is 1. The Bertz CT molecular complexity index is 702. The van der Waals surface area contributed by atoms with Crippen LogP contribution in [0, 0.1) is 12.7 Å². The maximum atomic E-state index is 13.9. The molecule has 7 heteroatoms. The lowest BCUT2D eigenvalue weighted by Crippen LogP contribution is -2.38. The largest absolute Gasteiger partial charge is 0.491 e. The van der Waals surface area contributed by atoms with E-state index in [4.69, 9.17) is 4.74 Å². The fourth-order valence-corrected chi connectivity index (χ4v) is 3.02. The van der Waals surface area contributed by atoms with Gasteiger partial charge in [0.1, 0.15) is 0 Å². The van der Waals surface area contributed by atoms with Crippen molar-refractivity contribution in [1.82, 2.24) is 15.6 Å². The molecule has 0 atom stereocenters. The van der Waals surface area contributed by atoms with Crippen molar-refractivity contribution in [3.63, 3.8) is 0 Å². The first-order chi connectivity index (χ1) is 12.1. The van der Waals surface area contributed by atoms with Crippen LogP contribution in [0.3, 0.4) is 0 Å². The van der Waals surface area contributed by atoms with Crippen LogP contribution in [0.1, 0.15) is 29.3 Å². The van der Waals surface area contributed by atoms with Gasteiger partial charge in [0, 0.05) is 30.6 Å². The van der Waals surface area contributed by atoms with Crippen LogP contribution in [-0.2, 0) is 13.0 Å². The van der Waals surface area contributed by atoms with Gasteiger partial charge in [-0.05, 0) is 38.5 Å². The Kier molecular flexibility index (Phi) is 7.66. The van der Waals surface area contributed by atoms with E-state index in [1.807, 2.05) is 26.1 Å². The number of aliphatic imine (C=N–C) groups is 1. The van der Waals surface area contributed by atoms with Gasteiger partial charge in [-0.15, -0.1) is 11.3 Å². The molecule has 5 nitrogen and oxygen atoms in total. The number of guanidine groups is 1. The summed E-state index contributed by atoms with van der Waals surface area (Å²) in [7, 11) is 0. The fourth-order valence-electron chi connectivity index (χ4n) is 2.23. The molecule has 0 fully saturated rings. The van der Waals surface area contributed by atoms with Crippen LogP contribution in [0.5, 0.6) is 5.75 Å². The quantitative estimate of drug-likeness (QED) is 0.557. The number of nitrogens with one attached hydrogen (secondary N) is 2. The number of hydrogen-bond acceptors (Lipinski definition) is 4. The Balaban J connectivity index is 1.90. The van der Waals surface area contributed by atoms with E-state index in [-0.39, 0.29) is 11.6 Å². The van der Waals surface area contributed by atoms with Crippen molar-refractivity contribution in [2.75, 3.05) is 19.7 Å². The highest BCUT2D eigenvalue weighted by atomic mass is 32.1. The first-order valence-corrected chi connectivity index (χ1v) is 9.28. The van der Waals surface area contributed by atoms with Crippen LogP contribution < -0.4 is 15.4 Å². The summed E-state index contributed by atoms with van der Waals surface area (Å²) in [6.45, 7) is 8.25. The van der Waals surface area contributed by atoms with Crippen LogP contribution in [0.4, 0.5) is 4.39 Å². The third kappa shape index (κ3) is 6.34. The zero-order valence-electron chi connectivity index (χ0n) is 14.9. The molecule has 2 rings (SSSR count). The van der Waals surface area contributed by atoms with Crippen molar-refractivity contribution < 1.29 is 9.13 Å². The monoisotopic (exact) mass is 364 g/mol. The van der Waals surface area contributed by atoms with Gasteiger partial charge >= 0.3 is 0 Å². The topological polar surface area (TPSA) is 58.5 Å². The van der Waals surface area contributed by atoms with E-state index >= 15 is 0 Å². The van der Waals surface area contributed by atoms with Gasteiger partial charge in [-0.25, -0.2) is 14.4 Å². The van der Waals surface area contributed by atoms with E-state index in [0.717, 1.165) is 30.1 Å². The minimum atomic E-state index is -0.355. The average Bonchev–Trinajstić information content (AvgIpc) is 3.00. The SMILES string of the molecule is CCNC(=NCc1ccc(OCC)c(F)c1)NCCc1ncc(C)s1. The molecule has 0 amide bonds. The molecular formula is C18H25FN4OS. The second-order valence-corrected chi connectivity index (χ2v) is 6.75. The molecule has 2 aromatic rings. The number of aromatic nitrogens is 1. The van der Waals surface area contributed by atoms with Crippen molar-refractivity contribution in [2.24, 2.45) is 4.99 Å². The smallest absolute Gasteiger partial charge is 0.191 e. The van der Waals surface area contributed by atoms with Crippen molar-refractivity contribution in [1.29, 1.82) is 0 Å². The second-order valence-electron chi connectivity index (χ2n) is 5.43. The normalized spacial score (nSPS) is 11.4. The Morgan fingerprint density at radius 3 is 2.80 bits per heavy atom. The lowest BCUT2D eigenvalue weighted by molar-refractivity contribution is 0.321. The van der Waals surface area contributed by atoms with Gasteiger partial charge in [-0.3, -0.25) is 0 Å². The van der Waals surface area contributed by atoms with E-state index in [1.54, 1.807) is 17.4 Å². The molecule has 0 aliphatic rings. The molecule has 1 heterocycles. The highest BCUT2D eigenvalue weighted by Gasteiger charge is 2.05. The van der Waals surface area contributed by atoms with Crippen molar-refractivity contribution >= 4 is 17.3 Å². The number of ether oxygens (including phenoxy) is 1. The molecule has 2 N–H and O–H groups in total.